The van der Waals surface area contributed by atoms with Gasteiger partial charge in [0, 0.05) is 29.5 Å². The molecule has 2 aromatic heterocycles. The molecule has 1 atom stereocenters. The Balaban J connectivity index is 1.56. The molecule has 0 radical (unpaired) electrons. The van der Waals surface area contributed by atoms with Crippen LogP contribution in [-0.2, 0) is 21.8 Å². The third-order valence-corrected chi connectivity index (χ3v) is 8.14. The minimum Gasteiger partial charge on any atom is -0.406 e. The van der Waals surface area contributed by atoms with E-state index in [9.17, 15) is 39.9 Å². The van der Waals surface area contributed by atoms with Crippen molar-refractivity contribution in [1.82, 2.24) is 24.8 Å². The number of aliphatic hydroxyl groups is 1. The topological polar surface area (TPSA) is 112 Å². The van der Waals surface area contributed by atoms with Crippen LogP contribution in [0, 0.1) is 6.92 Å². The largest absolute Gasteiger partial charge is 0.573 e. The lowest BCUT2D eigenvalue weighted by Crippen LogP contribution is -2.38. The molecule has 0 saturated carbocycles. The summed E-state index contributed by atoms with van der Waals surface area (Å²) < 4.78 is 126. The van der Waals surface area contributed by atoms with Crippen LogP contribution >= 0.6 is 0 Å². The first-order valence-electron chi connectivity index (χ1n) is 12.9. The summed E-state index contributed by atoms with van der Waals surface area (Å²) in [6, 6.07) is 11.0. The SMILES string of the molecule is Cc1cc(C(F)(F)F)nn1-c1ccc(C2=CC(S(C)(=O)=O)=C(CO)C(F)(n3nncc3-c3ccc(OC(F)(F)F)cc3)C2)cc1. The molecule has 1 aliphatic carbocycles. The Kier molecular flexibility index (Phi) is 7.89. The second kappa shape index (κ2) is 11.1. The second-order valence-electron chi connectivity index (χ2n) is 10.1. The van der Waals surface area contributed by atoms with Crippen LogP contribution in [0.3, 0.4) is 0 Å². The summed E-state index contributed by atoms with van der Waals surface area (Å²) >= 11 is 0. The van der Waals surface area contributed by atoms with Crippen molar-refractivity contribution < 1.29 is 49.0 Å². The summed E-state index contributed by atoms with van der Waals surface area (Å²) in [4.78, 5) is -0.536. The van der Waals surface area contributed by atoms with Gasteiger partial charge in [-0.05, 0) is 66.6 Å². The smallest absolute Gasteiger partial charge is 0.406 e. The molecule has 17 heteroatoms. The second-order valence-corrected chi connectivity index (χ2v) is 12.1. The van der Waals surface area contributed by atoms with Crippen molar-refractivity contribution in [3.63, 3.8) is 0 Å². The number of nitrogens with zero attached hydrogens (tertiary/aromatic N) is 5. The van der Waals surface area contributed by atoms with E-state index >= 15 is 4.39 Å². The van der Waals surface area contributed by atoms with Crippen molar-refractivity contribution in [3.8, 4) is 22.7 Å². The van der Waals surface area contributed by atoms with E-state index in [1.54, 1.807) is 0 Å². The number of aromatic nitrogens is 5. The zero-order chi connectivity index (χ0) is 32.9. The first kappa shape index (κ1) is 31.9. The fraction of sp³-hybridized carbons (Fsp3) is 0.250. The number of allylic oxidation sites excluding steroid dienone is 2. The Labute approximate surface area is 250 Å². The number of hydrogen-bond donors (Lipinski definition) is 1. The first-order valence-corrected chi connectivity index (χ1v) is 14.8. The van der Waals surface area contributed by atoms with E-state index in [1.807, 2.05) is 0 Å². The maximum atomic E-state index is 17.3. The minimum absolute atomic E-state index is 0.0546. The Morgan fingerprint density at radius 2 is 1.62 bits per heavy atom. The zero-order valence-electron chi connectivity index (χ0n) is 23.2. The molecule has 0 aliphatic heterocycles. The van der Waals surface area contributed by atoms with Gasteiger partial charge in [0.15, 0.2) is 15.5 Å². The molecule has 1 aliphatic rings. The van der Waals surface area contributed by atoms with Gasteiger partial charge in [0.05, 0.1) is 29.1 Å². The van der Waals surface area contributed by atoms with Crippen LogP contribution in [0.5, 0.6) is 5.75 Å². The monoisotopic (exact) mass is 657 g/mol. The third kappa shape index (κ3) is 6.35. The average Bonchev–Trinajstić information content (AvgIpc) is 3.59. The summed E-state index contributed by atoms with van der Waals surface area (Å²) in [7, 11) is -4.16. The van der Waals surface area contributed by atoms with Crippen molar-refractivity contribution in [1.29, 1.82) is 0 Å². The molecule has 238 valence electrons. The number of rotatable bonds is 7. The van der Waals surface area contributed by atoms with Crippen molar-refractivity contribution in [3.05, 3.63) is 94.3 Å². The Morgan fingerprint density at radius 3 is 2.16 bits per heavy atom. The van der Waals surface area contributed by atoms with E-state index < -0.39 is 63.1 Å². The molecular formula is C28H22F7N5O4S. The van der Waals surface area contributed by atoms with Crippen LogP contribution in [0.4, 0.5) is 30.7 Å². The van der Waals surface area contributed by atoms with Gasteiger partial charge in [0.25, 0.3) is 0 Å². The van der Waals surface area contributed by atoms with Crippen LogP contribution in [0.2, 0.25) is 0 Å². The Morgan fingerprint density at radius 1 is 1.00 bits per heavy atom. The number of hydrogen-bond acceptors (Lipinski definition) is 7. The van der Waals surface area contributed by atoms with Crippen molar-refractivity contribution >= 4 is 15.4 Å². The van der Waals surface area contributed by atoms with Crippen LogP contribution in [0.25, 0.3) is 22.5 Å². The first-order chi connectivity index (χ1) is 20.9. The van der Waals surface area contributed by atoms with Gasteiger partial charge < -0.3 is 9.84 Å². The average molecular weight is 658 g/mol. The number of sulfone groups is 1. The lowest BCUT2D eigenvalue weighted by Gasteiger charge is -2.34. The van der Waals surface area contributed by atoms with Gasteiger partial charge >= 0.3 is 12.5 Å². The van der Waals surface area contributed by atoms with Crippen LogP contribution in [0.15, 0.2) is 77.3 Å². The molecule has 0 amide bonds. The molecule has 1 unspecified atom stereocenters. The van der Waals surface area contributed by atoms with Gasteiger partial charge in [0.1, 0.15) is 5.75 Å². The molecular weight excluding hydrogens is 635 g/mol. The summed E-state index contributed by atoms with van der Waals surface area (Å²) in [5, 5.41) is 21.3. The molecule has 0 bridgehead atoms. The highest BCUT2D eigenvalue weighted by Crippen LogP contribution is 2.46. The predicted octanol–water partition coefficient (Wildman–Crippen LogP) is 5.76. The van der Waals surface area contributed by atoms with E-state index in [4.69, 9.17) is 0 Å². The molecule has 9 nitrogen and oxygen atoms in total. The van der Waals surface area contributed by atoms with E-state index in [0.29, 0.717) is 5.56 Å². The molecule has 2 aromatic carbocycles. The lowest BCUT2D eigenvalue weighted by molar-refractivity contribution is -0.274. The van der Waals surface area contributed by atoms with E-state index in [1.165, 1.54) is 49.4 Å². The summed E-state index contributed by atoms with van der Waals surface area (Å²) in [6.07, 6.45) is -7.06. The van der Waals surface area contributed by atoms with E-state index in [0.717, 1.165) is 40.0 Å². The number of alkyl halides is 7. The molecule has 45 heavy (non-hydrogen) atoms. The molecule has 0 saturated heterocycles. The van der Waals surface area contributed by atoms with Gasteiger partial charge in [-0.25, -0.2) is 22.2 Å². The summed E-state index contributed by atoms with van der Waals surface area (Å²) in [6.45, 7) is 0.392. The van der Waals surface area contributed by atoms with Crippen LogP contribution in [0.1, 0.15) is 23.4 Å². The van der Waals surface area contributed by atoms with Crippen LogP contribution < -0.4 is 4.74 Å². The molecule has 0 fully saturated rings. The lowest BCUT2D eigenvalue weighted by atomic mass is 9.87. The highest BCUT2D eigenvalue weighted by atomic mass is 32.2. The third-order valence-electron chi connectivity index (χ3n) is 6.98. The molecule has 1 N–H and O–H groups in total. The maximum Gasteiger partial charge on any atom is 0.573 e. The maximum absolute atomic E-state index is 17.3. The van der Waals surface area contributed by atoms with E-state index in [-0.39, 0.29) is 28.2 Å². The Hall–Kier alpha value is -4.51. The molecule has 0 spiro atoms. The summed E-state index contributed by atoms with van der Waals surface area (Å²) in [5.41, 5.74) is -0.672. The fourth-order valence-electron chi connectivity index (χ4n) is 4.97. The predicted molar refractivity (Wildman–Crippen MR) is 146 cm³/mol. The number of halogens is 7. The molecule has 5 rings (SSSR count). The number of ether oxygens (including phenoxy) is 1. The van der Waals surface area contributed by atoms with Crippen molar-refractivity contribution in [2.24, 2.45) is 0 Å². The minimum atomic E-state index is -4.94. The van der Waals surface area contributed by atoms with Crippen LogP contribution in [-0.4, -0.2) is 57.5 Å². The highest BCUT2D eigenvalue weighted by Gasteiger charge is 2.46. The fourth-order valence-corrected chi connectivity index (χ4v) is 6.00. The van der Waals surface area contributed by atoms with Gasteiger partial charge in [-0.15, -0.1) is 18.3 Å². The quantitative estimate of drug-likeness (QED) is 0.252. The zero-order valence-corrected chi connectivity index (χ0v) is 24.0. The molecule has 4 aromatic rings. The molecule has 2 heterocycles. The highest BCUT2D eigenvalue weighted by molar-refractivity contribution is 7.94. The van der Waals surface area contributed by atoms with E-state index in [2.05, 4.69) is 20.1 Å². The van der Waals surface area contributed by atoms with Gasteiger partial charge in [-0.2, -0.15) is 18.3 Å². The number of aliphatic hydroxyl groups excluding tert-OH is 1. The normalized spacial score (nSPS) is 17.9. The van der Waals surface area contributed by atoms with Gasteiger partial charge in [-0.1, -0.05) is 17.3 Å². The van der Waals surface area contributed by atoms with Crippen molar-refractivity contribution in [2.45, 2.75) is 31.7 Å². The number of benzene rings is 2. The Bertz CT molecular complexity index is 1910. The standard InChI is InChI=1S/C28H22F7N5O4S/c1-16-11-25(27(30,31)32)37-39(16)20-7-3-17(4-8-20)19-12-24(45(2,42)43)22(15-41)26(29,13-19)40-23(14-36-38-40)18-5-9-21(10-6-18)44-28(33,34)35/h3-12,14,41H,13,15H2,1-2H3. The van der Waals surface area contributed by atoms with Crippen molar-refractivity contribution in [2.75, 3.05) is 12.9 Å². The van der Waals surface area contributed by atoms with Gasteiger partial charge in [0.2, 0.25) is 5.79 Å². The number of aryl methyl sites for hydroxylation is 1. The summed E-state index contributed by atoms with van der Waals surface area (Å²) in [5.74, 6) is -3.37. The van der Waals surface area contributed by atoms with Gasteiger partial charge in [-0.3, -0.25) is 0 Å².